The summed E-state index contributed by atoms with van der Waals surface area (Å²) in [5.74, 6) is 1.10. The molecule has 6 nitrogen and oxygen atoms in total. The van der Waals surface area contributed by atoms with Crippen LogP contribution in [0, 0.1) is 6.92 Å². The Morgan fingerprint density at radius 1 is 1.32 bits per heavy atom. The second kappa shape index (κ2) is 4.62. The first-order valence-corrected chi connectivity index (χ1v) is 7.05. The zero-order valence-electron chi connectivity index (χ0n) is 12.3. The van der Waals surface area contributed by atoms with Crippen molar-refractivity contribution < 1.29 is 14.3 Å². The molecule has 0 saturated carbocycles. The number of hydrogen-bond acceptors (Lipinski definition) is 5. The lowest BCUT2D eigenvalue weighted by atomic mass is 9.82. The van der Waals surface area contributed by atoms with E-state index in [1.54, 1.807) is 7.11 Å². The van der Waals surface area contributed by atoms with E-state index >= 15 is 0 Å². The van der Waals surface area contributed by atoms with Crippen LogP contribution < -0.4 is 10.1 Å². The lowest BCUT2D eigenvalue weighted by Gasteiger charge is -2.24. The summed E-state index contributed by atoms with van der Waals surface area (Å²) in [4.78, 5) is 12.2. The topological polar surface area (TPSA) is 76.2 Å². The molecule has 2 aromatic rings. The van der Waals surface area contributed by atoms with Crippen LogP contribution in [-0.2, 0) is 9.53 Å². The number of aromatic amines is 1. The molecule has 0 amide bonds. The fourth-order valence-corrected chi connectivity index (χ4v) is 3.12. The number of aryl methyl sites for hydroxylation is 1. The van der Waals surface area contributed by atoms with Crippen LogP contribution in [0.4, 0.5) is 5.82 Å². The Morgan fingerprint density at radius 2 is 2.09 bits per heavy atom. The van der Waals surface area contributed by atoms with Crippen LogP contribution in [0.1, 0.15) is 22.7 Å². The Balaban J connectivity index is 1.89. The van der Waals surface area contributed by atoms with Crippen LogP contribution in [0.15, 0.2) is 35.5 Å². The number of ether oxygens (including phenoxy) is 2. The van der Waals surface area contributed by atoms with Crippen LogP contribution in [0.5, 0.6) is 5.75 Å². The first-order valence-electron chi connectivity index (χ1n) is 7.05. The second-order valence-electron chi connectivity index (χ2n) is 5.41. The molecule has 0 fully saturated rings. The van der Waals surface area contributed by atoms with E-state index in [1.807, 2.05) is 31.2 Å². The number of H-pyrrole nitrogens is 1. The van der Waals surface area contributed by atoms with E-state index < -0.39 is 0 Å². The first-order chi connectivity index (χ1) is 10.7. The normalized spacial score (nSPS) is 19.4. The van der Waals surface area contributed by atoms with Gasteiger partial charge in [-0.3, -0.25) is 5.10 Å². The molecule has 0 aliphatic carbocycles. The third-order valence-corrected chi connectivity index (χ3v) is 4.18. The zero-order valence-corrected chi connectivity index (χ0v) is 12.3. The molecule has 0 saturated heterocycles. The van der Waals surface area contributed by atoms with Gasteiger partial charge in [-0.2, -0.15) is 5.10 Å². The molecule has 0 unspecified atom stereocenters. The van der Waals surface area contributed by atoms with Crippen LogP contribution in [0.3, 0.4) is 0 Å². The number of benzene rings is 1. The van der Waals surface area contributed by atoms with Gasteiger partial charge in [-0.1, -0.05) is 12.1 Å². The second-order valence-corrected chi connectivity index (χ2v) is 5.41. The number of fused-ring (bicyclic) bond motifs is 1. The maximum atomic E-state index is 12.2. The number of methoxy groups -OCH3 is 1. The van der Waals surface area contributed by atoms with Gasteiger partial charge in [0, 0.05) is 17.2 Å². The van der Waals surface area contributed by atoms with Crippen LogP contribution in [0.25, 0.3) is 0 Å². The quantitative estimate of drug-likeness (QED) is 0.830. The summed E-state index contributed by atoms with van der Waals surface area (Å²) in [5.41, 5.74) is 4.41. The summed E-state index contributed by atoms with van der Waals surface area (Å²) >= 11 is 0. The van der Waals surface area contributed by atoms with Gasteiger partial charge >= 0.3 is 5.97 Å². The molecule has 0 bridgehead atoms. The predicted molar refractivity (Wildman–Crippen MR) is 79.8 cm³/mol. The fraction of sp³-hybridized carbons (Fsp3) is 0.250. The van der Waals surface area contributed by atoms with Crippen molar-refractivity contribution in [2.45, 2.75) is 12.8 Å². The van der Waals surface area contributed by atoms with Gasteiger partial charge in [-0.15, -0.1) is 0 Å². The van der Waals surface area contributed by atoms with Gasteiger partial charge in [-0.25, -0.2) is 4.79 Å². The van der Waals surface area contributed by atoms with Gasteiger partial charge in [0.1, 0.15) is 12.4 Å². The molecule has 6 heteroatoms. The summed E-state index contributed by atoms with van der Waals surface area (Å²) in [6.45, 7) is 2.22. The average Bonchev–Trinajstić information content (AvgIpc) is 3.10. The highest BCUT2D eigenvalue weighted by Crippen LogP contribution is 2.44. The Labute approximate surface area is 127 Å². The molecular formula is C16H15N3O3. The van der Waals surface area contributed by atoms with Crippen molar-refractivity contribution >= 4 is 11.8 Å². The first kappa shape index (κ1) is 12.9. The van der Waals surface area contributed by atoms with Gasteiger partial charge < -0.3 is 14.8 Å². The van der Waals surface area contributed by atoms with Crippen LogP contribution >= 0.6 is 0 Å². The molecule has 22 heavy (non-hydrogen) atoms. The van der Waals surface area contributed by atoms with Crippen LogP contribution in [0.2, 0.25) is 0 Å². The Morgan fingerprint density at radius 3 is 2.82 bits per heavy atom. The van der Waals surface area contributed by atoms with Crippen molar-refractivity contribution in [2.75, 3.05) is 19.0 Å². The highest BCUT2D eigenvalue weighted by molar-refractivity contribution is 5.97. The lowest BCUT2D eigenvalue weighted by Crippen LogP contribution is -2.19. The van der Waals surface area contributed by atoms with E-state index in [-0.39, 0.29) is 18.5 Å². The number of anilines is 1. The number of cyclic esters (lactones) is 1. The number of carbonyl (C=O) groups excluding carboxylic acids is 1. The van der Waals surface area contributed by atoms with Crippen molar-refractivity contribution in [2.24, 2.45) is 0 Å². The molecule has 1 aromatic heterocycles. The summed E-state index contributed by atoms with van der Waals surface area (Å²) in [7, 11) is 1.63. The molecular weight excluding hydrogens is 282 g/mol. The largest absolute Gasteiger partial charge is 0.497 e. The van der Waals surface area contributed by atoms with E-state index in [0.717, 1.165) is 34.1 Å². The molecule has 2 aliphatic rings. The average molecular weight is 297 g/mol. The molecule has 3 heterocycles. The molecule has 2 N–H and O–H groups in total. The smallest absolute Gasteiger partial charge is 0.337 e. The zero-order chi connectivity index (χ0) is 15.3. The number of nitrogens with zero attached hydrogens (tertiary/aromatic N) is 1. The molecule has 1 aromatic carbocycles. The maximum Gasteiger partial charge on any atom is 0.337 e. The summed E-state index contributed by atoms with van der Waals surface area (Å²) in [6.07, 6.45) is 0. The van der Waals surface area contributed by atoms with Crippen LogP contribution in [-0.4, -0.2) is 29.9 Å². The van der Waals surface area contributed by atoms with Gasteiger partial charge in [0.05, 0.1) is 18.4 Å². The number of hydrogen-bond donors (Lipinski definition) is 2. The van der Waals surface area contributed by atoms with E-state index in [9.17, 15) is 4.79 Å². The van der Waals surface area contributed by atoms with Gasteiger partial charge in [-0.05, 0) is 24.6 Å². The number of esters is 1. The monoisotopic (exact) mass is 297 g/mol. The number of rotatable bonds is 2. The Kier molecular flexibility index (Phi) is 2.72. The van der Waals surface area contributed by atoms with Gasteiger partial charge in [0.25, 0.3) is 0 Å². The molecule has 112 valence electrons. The fourth-order valence-electron chi connectivity index (χ4n) is 3.12. The van der Waals surface area contributed by atoms with E-state index in [4.69, 9.17) is 9.47 Å². The molecule has 1 atom stereocenters. The minimum Gasteiger partial charge on any atom is -0.497 e. The van der Waals surface area contributed by atoms with Crippen molar-refractivity contribution in [1.29, 1.82) is 0 Å². The minimum atomic E-state index is -0.269. The Hall–Kier alpha value is -2.76. The molecule has 0 spiro atoms. The lowest BCUT2D eigenvalue weighted by molar-refractivity contribution is -0.136. The molecule has 4 rings (SSSR count). The highest BCUT2D eigenvalue weighted by atomic mass is 16.5. The number of nitrogens with one attached hydrogen (secondary N) is 2. The van der Waals surface area contributed by atoms with Gasteiger partial charge in [0.15, 0.2) is 5.82 Å². The third-order valence-electron chi connectivity index (χ3n) is 4.18. The summed E-state index contributed by atoms with van der Waals surface area (Å²) in [6, 6.07) is 7.74. The van der Waals surface area contributed by atoms with Gasteiger partial charge in [0.2, 0.25) is 0 Å². The third kappa shape index (κ3) is 1.73. The van der Waals surface area contributed by atoms with Crippen molar-refractivity contribution in [3.05, 3.63) is 52.4 Å². The van der Waals surface area contributed by atoms with Crippen molar-refractivity contribution in [3.63, 3.8) is 0 Å². The number of carbonyl (C=O) groups is 1. The molecule has 0 radical (unpaired) electrons. The van der Waals surface area contributed by atoms with E-state index in [2.05, 4.69) is 15.5 Å². The summed E-state index contributed by atoms with van der Waals surface area (Å²) in [5, 5.41) is 10.5. The number of aromatic nitrogens is 2. The Bertz CT molecular complexity index is 789. The van der Waals surface area contributed by atoms with Crippen molar-refractivity contribution in [1.82, 2.24) is 10.2 Å². The highest BCUT2D eigenvalue weighted by Gasteiger charge is 2.40. The minimum absolute atomic E-state index is 0.175. The SMILES string of the molecule is COc1ccc([C@@H]2C3=C(COC3=O)Nc3n[nH]c(C)c32)cc1. The van der Waals surface area contributed by atoms with E-state index in [1.165, 1.54) is 0 Å². The molecule has 2 aliphatic heterocycles. The van der Waals surface area contributed by atoms with E-state index in [0.29, 0.717) is 5.57 Å². The summed E-state index contributed by atoms with van der Waals surface area (Å²) < 4.78 is 10.4. The maximum absolute atomic E-state index is 12.2. The van der Waals surface area contributed by atoms with Crippen molar-refractivity contribution in [3.8, 4) is 5.75 Å². The predicted octanol–water partition coefficient (Wildman–Crippen LogP) is 2.10. The standard InChI is InChI=1S/C16H15N3O3/c1-8-12-13(9-3-5-10(21-2)6-4-9)14-11(7-22-16(14)20)17-15(12)19-18-8/h3-6,13H,7H2,1-2H3,(H2,17,18,19)/t13-/m0/s1.